The van der Waals surface area contributed by atoms with Crippen molar-refractivity contribution >= 4 is 17.5 Å². The summed E-state index contributed by atoms with van der Waals surface area (Å²) in [6, 6.07) is -0.434. The summed E-state index contributed by atoms with van der Waals surface area (Å²) in [6.07, 6.45) is 10.1. The van der Waals surface area contributed by atoms with Gasteiger partial charge in [-0.1, -0.05) is 19.3 Å². The number of anilines is 1. The van der Waals surface area contributed by atoms with Crippen LogP contribution in [0, 0.1) is 5.41 Å². The zero-order chi connectivity index (χ0) is 17.2. The number of hydrogen-bond donors (Lipinski definition) is 2. The van der Waals surface area contributed by atoms with Crippen LogP contribution >= 0.6 is 0 Å². The lowest BCUT2D eigenvalue weighted by molar-refractivity contribution is -0.128. The van der Waals surface area contributed by atoms with Gasteiger partial charge in [0.1, 0.15) is 6.04 Å². The Morgan fingerprint density at radius 1 is 1.42 bits per heavy atom. The molecular weight excluding hydrogens is 306 g/mol. The van der Waals surface area contributed by atoms with Crippen LogP contribution in [0.3, 0.4) is 0 Å². The molecule has 0 aromatic carbocycles. The third-order valence-electron chi connectivity index (χ3n) is 5.43. The molecule has 2 fully saturated rings. The first kappa shape index (κ1) is 17.0. The van der Waals surface area contributed by atoms with E-state index in [1.54, 1.807) is 15.8 Å². The van der Waals surface area contributed by atoms with Gasteiger partial charge < -0.3 is 16.0 Å². The van der Waals surface area contributed by atoms with E-state index in [-0.39, 0.29) is 17.2 Å². The lowest BCUT2D eigenvalue weighted by Gasteiger charge is -2.35. The summed E-state index contributed by atoms with van der Waals surface area (Å²) in [7, 11) is 1.82. The predicted molar refractivity (Wildman–Crippen MR) is 91.3 cm³/mol. The fraction of sp³-hybridized carbons (Fsp3) is 0.706. The summed E-state index contributed by atoms with van der Waals surface area (Å²) in [6.45, 7) is 1.15. The summed E-state index contributed by atoms with van der Waals surface area (Å²) < 4.78 is 1.67. The number of nitrogens with two attached hydrogens (primary N) is 1. The number of amides is 2. The molecule has 1 saturated carbocycles. The van der Waals surface area contributed by atoms with E-state index in [4.69, 9.17) is 5.73 Å². The fourth-order valence-electron chi connectivity index (χ4n) is 3.96. The number of hydrogen-bond acceptors (Lipinski definition) is 4. The number of aryl methyl sites for hydroxylation is 1. The number of aromatic nitrogens is 2. The van der Waals surface area contributed by atoms with Gasteiger partial charge in [0, 0.05) is 26.2 Å². The first-order valence-electron chi connectivity index (χ1n) is 8.82. The van der Waals surface area contributed by atoms with Crippen molar-refractivity contribution < 1.29 is 9.59 Å². The van der Waals surface area contributed by atoms with Crippen molar-refractivity contribution in [3.05, 3.63) is 12.4 Å². The van der Waals surface area contributed by atoms with Crippen LogP contribution in [0.1, 0.15) is 44.9 Å². The third-order valence-corrected chi connectivity index (χ3v) is 5.43. The Morgan fingerprint density at radius 2 is 2.17 bits per heavy atom. The number of nitrogens with zero attached hydrogens (tertiary/aromatic N) is 3. The summed E-state index contributed by atoms with van der Waals surface area (Å²) in [5.74, 6) is -0.101. The molecular formula is C17H27N5O2. The lowest BCUT2D eigenvalue weighted by atomic mass is 9.71. The van der Waals surface area contributed by atoms with Crippen molar-refractivity contribution in [1.29, 1.82) is 0 Å². The zero-order valence-corrected chi connectivity index (χ0v) is 14.3. The molecule has 7 heteroatoms. The van der Waals surface area contributed by atoms with Crippen molar-refractivity contribution in [2.75, 3.05) is 18.0 Å². The highest BCUT2D eigenvalue weighted by molar-refractivity contribution is 6.01. The second-order valence-corrected chi connectivity index (χ2v) is 7.21. The Kier molecular flexibility index (Phi) is 4.89. The summed E-state index contributed by atoms with van der Waals surface area (Å²) >= 11 is 0. The topological polar surface area (TPSA) is 93.2 Å². The average molecular weight is 333 g/mol. The van der Waals surface area contributed by atoms with Gasteiger partial charge >= 0.3 is 0 Å². The quantitative estimate of drug-likeness (QED) is 0.839. The van der Waals surface area contributed by atoms with Crippen molar-refractivity contribution in [3.63, 3.8) is 0 Å². The van der Waals surface area contributed by atoms with E-state index in [0.29, 0.717) is 25.9 Å². The molecule has 2 aliphatic rings. The van der Waals surface area contributed by atoms with Gasteiger partial charge in [-0.2, -0.15) is 5.10 Å². The molecule has 1 aromatic heterocycles. The molecule has 1 atom stereocenters. The SMILES string of the molecule is Cn1cc(N2CCC(NC(=O)CC3(CN)CCCCC3)C2=O)cn1. The van der Waals surface area contributed by atoms with Gasteiger partial charge in [-0.25, -0.2) is 0 Å². The largest absolute Gasteiger partial charge is 0.344 e. The molecule has 2 amide bonds. The summed E-state index contributed by atoms with van der Waals surface area (Å²) in [5.41, 5.74) is 6.66. The van der Waals surface area contributed by atoms with Crippen LogP contribution < -0.4 is 16.0 Å². The molecule has 3 N–H and O–H groups in total. The first-order chi connectivity index (χ1) is 11.5. The standard InChI is InChI=1S/C17H27N5O2/c1-21-11-13(10-19-21)22-8-5-14(16(22)24)20-15(23)9-17(12-18)6-3-2-4-7-17/h10-11,14H,2-9,12,18H2,1H3,(H,20,23). The van der Waals surface area contributed by atoms with E-state index in [1.807, 2.05) is 13.2 Å². The molecule has 132 valence electrons. The van der Waals surface area contributed by atoms with Crippen LogP contribution in [0.2, 0.25) is 0 Å². The van der Waals surface area contributed by atoms with E-state index in [9.17, 15) is 9.59 Å². The van der Waals surface area contributed by atoms with E-state index >= 15 is 0 Å². The summed E-state index contributed by atoms with van der Waals surface area (Å²) in [4.78, 5) is 26.7. The van der Waals surface area contributed by atoms with E-state index in [2.05, 4.69) is 10.4 Å². The van der Waals surface area contributed by atoms with Gasteiger partial charge in [0.25, 0.3) is 0 Å². The predicted octanol–water partition coefficient (Wildman–Crippen LogP) is 0.941. The van der Waals surface area contributed by atoms with E-state index in [1.165, 1.54) is 6.42 Å². The van der Waals surface area contributed by atoms with Gasteiger partial charge in [-0.05, 0) is 31.2 Å². The number of rotatable bonds is 5. The Labute approximate surface area is 142 Å². The smallest absolute Gasteiger partial charge is 0.249 e. The van der Waals surface area contributed by atoms with Gasteiger partial charge in [0.05, 0.1) is 11.9 Å². The lowest BCUT2D eigenvalue weighted by Crippen LogP contribution is -2.45. The minimum Gasteiger partial charge on any atom is -0.344 e. The van der Waals surface area contributed by atoms with Crippen LogP contribution in [-0.2, 0) is 16.6 Å². The van der Waals surface area contributed by atoms with Crippen LogP contribution in [0.15, 0.2) is 12.4 Å². The molecule has 1 aliphatic heterocycles. The van der Waals surface area contributed by atoms with Gasteiger partial charge in [-0.3, -0.25) is 14.3 Å². The maximum atomic E-state index is 12.5. The number of nitrogens with one attached hydrogen (secondary N) is 1. The van der Waals surface area contributed by atoms with Crippen LogP contribution in [-0.4, -0.2) is 40.7 Å². The third kappa shape index (κ3) is 3.45. The van der Waals surface area contributed by atoms with Gasteiger partial charge in [0.2, 0.25) is 11.8 Å². The molecule has 0 bridgehead atoms. The minimum atomic E-state index is -0.434. The Bertz CT molecular complexity index is 606. The Morgan fingerprint density at radius 3 is 2.79 bits per heavy atom. The monoisotopic (exact) mass is 333 g/mol. The van der Waals surface area contributed by atoms with E-state index in [0.717, 1.165) is 31.4 Å². The van der Waals surface area contributed by atoms with Gasteiger partial charge in [0.15, 0.2) is 0 Å². The van der Waals surface area contributed by atoms with Crippen LogP contribution in [0.5, 0.6) is 0 Å². The second kappa shape index (κ2) is 6.93. The molecule has 1 aromatic rings. The summed E-state index contributed by atoms with van der Waals surface area (Å²) in [5, 5.41) is 7.03. The maximum Gasteiger partial charge on any atom is 0.249 e. The molecule has 1 saturated heterocycles. The maximum absolute atomic E-state index is 12.5. The number of carbonyl (C=O) groups is 2. The highest BCUT2D eigenvalue weighted by Crippen LogP contribution is 2.38. The Balaban J connectivity index is 1.58. The Hall–Kier alpha value is -1.89. The first-order valence-corrected chi connectivity index (χ1v) is 8.82. The highest BCUT2D eigenvalue weighted by Gasteiger charge is 2.37. The molecule has 1 aliphatic carbocycles. The van der Waals surface area contributed by atoms with Crippen LogP contribution in [0.25, 0.3) is 0 Å². The van der Waals surface area contributed by atoms with Crippen molar-refractivity contribution in [2.24, 2.45) is 18.2 Å². The van der Waals surface area contributed by atoms with Crippen LogP contribution in [0.4, 0.5) is 5.69 Å². The molecule has 1 unspecified atom stereocenters. The van der Waals surface area contributed by atoms with Crippen molar-refractivity contribution in [3.8, 4) is 0 Å². The second-order valence-electron chi connectivity index (χ2n) is 7.21. The molecule has 7 nitrogen and oxygen atoms in total. The van der Waals surface area contributed by atoms with Crippen molar-refractivity contribution in [2.45, 2.75) is 51.0 Å². The molecule has 3 rings (SSSR count). The molecule has 0 radical (unpaired) electrons. The molecule has 0 spiro atoms. The average Bonchev–Trinajstić information content (AvgIpc) is 3.15. The zero-order valence-electron chi connectivity index (χ0n) is 14.3. The van der Waals surface area contributed by atoms with Crippen molar-refractivity contribution in [1.82, 2.24) is 15.1 Å². The normalized spacial score (nSPS) is 23.5. The van der Waals surface area contributed by atoms with E-state index < -0.39 is 6.04 Å². The van der Waals surface area contributed by atoms with Gasteiger partial charge in [-0.15, -0.1) is 0 Å². The molecule has 24 heavy (non-hydrogen) atoms. The highest BCUT2D eigenvalue weighted by atomic mass is 16.2. The number of carbonyl (C=O) groups excluding carboxylic acids is 2. The minimum absolute atomic E-state index is 0.0475. The molecule has 2 heterocycles. The fourth-order valence-corrected chi connectivity index (χ4v) is 3.96.